The van der Waals surface area contributed by atoms with E-state index in [0.29, 0.717) is 18.7 Å². The van der Waals surface area contributed by atoms with E-state index in [2.05, 4.69) is 6.07 Å². The number of amides is 1. The summed E-state index contributed by atoms with van der Waals surface area (Å²) in [6, 6.07) is 12.3. The summed E-state index contributed by atoms with van der Waals surface area (Å²) in [5.41, 5.74) is 2.84. The summed E-state index contributed by atoms with van der Waals surface area (Å²) in [5.74, 6) is -1.28. The SMILES string of the molecule is COc1ccc(/C=C/C(=O)O[C@@H](C)C(=O)N2CCc3ccccc3C2)cc1F. The number of hydrogen-bond acceptors (Lipinski definition) is 4. The Morgan fingerprint density at radius 3 is 2.64 bits per heavy atom. The molecule has 0 spiro atoms. The second kappa shape index (κ2) is 8.69. The normalized spacial score (nSPS) is 14.5. The van der Waals surface area contributed by atoms with E-state index in [-0.39, 0.29) is 11.7 Å². The van der Waals surface area contributed by atoms with E-state index < -0.39 is 17.9 Å². The molecule has 1 aliphatic rings. The monoisotopic (exact) mass is 383 g/mol. The van der Waals surface area contributed by atoms with Crippen LogP contribution in [0.3, 0.4) is 0 Å². The van der Waals surface area contributed by atoms with Crippen molar-refractivity contribution in [2.75, 3.05) is 13.7 Å². The zero-order valence-corrected chi connectivity index (χ0v) is 15.9. The number of rotatable bonds is 5. The number of hydrogen-bond donors (Lipinski definition) is 0. The number of esters is 1. The summed E-state index contributed by atoms with van der Waals surface area (Å²) in [4.78, 5) is 26.3. The average Bonchev–Trinajstić information content (AvgIpc) is 2.71. The predicted octanol–water partition coefficient (Wildman–Crippen LogP) is 3.36. The van der Waals surface area contributed by atoms with Gasteiger partial charge in [-0.2, -0.15) is 0 Å². The lowest BCUT2D eigenvalue weighted by molar-refractivity contribution is -0.155. The topological polar surface area (TPSA) is 55.8 Å². The van der Waals surface area contributed by atoms with Crippen molar-refractivity contribution >= 4 is 18.0 Å². The molecule has 0 saturated carbocycles. The minimum Gasteiger partial charge on any atom is -0.494 e. The van der Waals surface area contributed by atoms with Crippen LogP contribution in [0.2, 0.25) is 0 Å². The highest BCUT2D eigenvalue weighted by molar-refractivity contribution is 5.90. The molecule has 2 aromatic rings. The van der Waals surface area contributed by atoms with E-state index in [0.717, 1.165) is 12.0 Å². The van der Waals surface area contributed by atoms with Crippen molar-refractivity contribution in [3.05, 3.63) is 71.0 Å². The van der Waals surface area contributed by atoms with Crippen molar-refractivity contribution in [2.24, 2.45) is 0 Å². The van der Waals surface area contributed by atoms with Gasteiger partial charge < -0.3 is 14.4 Å². The molecule has 0 N–H and O–H groups in total. The van der Waals surface area contributed by atoms with Gasteiger partial charge in [-0.3, -0.25) is 4.79 Å². The van der Waals surface area contributed by atoms with E-state index in [9.17, 15) is 14.0 Å². The van der Waals surface area contributed by atoms with Gasteiger partial charge in [-0.15, -0.1) is 0 Å². The third-order valence-corrected chi connectivity index (χ3v) is 4.67. The molecule has 0 radical (unpaired) electrons. The van der Waals surface area contributed by atoms with Crippen LogP contribution < -0.4 is 4.74 Å². The van der Waals surface area contributed by atoms with Crippen molar-refractivity contribution in [1.82, 2.24) is 4.90 Å². The molecule has 3 rings (SSSR count). The fourth-order valence-corrected chi connectivity index (χ4v) is 3.16. The second-order valence-electron chi connectivity index (χ2n) is 6.58. The molecule has 5 nitrogen and oxygen atoms in total. The Hall–Kier alpha value is -3.15. The Morgan fingerprint density at radius 1 is 1.18 bits per heavy atom. The standard InChI is InChI=1S/C22H22FNO4/c1-15(22(26)24-12-11-17-5-3-4-6-18(17)14-24)28-21(25)10-8-16-7-9-20(27-2)19(23)13-16/h3-10,13,15H,11-12,14H2,1-2H3/b10-8+/t15-/m0/s1. The van der Waals surface area contributed by atoms with E-state index in [1.165, 1.54) is 37.0 Å². The van der Waals surface area contributed by atoms with E-state index in [1.807, 2.05) is 18.2 Å². The van der Waals surface area contributed by atoms with Crippen LogP contribution in [0, 0.1) is 5.82 Å². The largest absolute Gasteiger partial charge is 0.494 e. The number of ether oxygens (including phenoxy) is 2. The quantitative estimate of drug-likeness (QED) is 0.587. The van der Waals surface area contributed by atoms with Gasteiger partial charge in [0.05, 0.1) is 7.11 Å². The first-order chi connectivity index (χ1) is 13.5. The fourth-order valence-electron chi connectivity index (χ4n) is 3.16. The fraction of sp³-hybridized carbons (Fsp3) is 0.273. The lowest BCUT2D eigenvalue weighted by Crippen LogP contribution is -2.42. The van der Waals surface area contributed by atoms with Crippen LogP contribution >= 0.6 is 0 Å². The molecule has 1 amide bonds. The third kappa shape index (κ3) is 4.57. The average molecular weight is 383 g/mol. The summed E-state index contributed by atoms with van der Waals surface area (Å²) < 4.78 is 23.7. The maximum atomic E-state index is 13.7. The summed E-state index contributed by atoms with van der Waals surface area (Å²) in [7, 11) is 1.38. The molecule has 0 unspecified atom stereocenters. The smallest absolute Gasteiger partial charge is 0.331 e. The van der Waals surface area contributed by atoms with Crippen molar-refractivity contribution in [3.8, 4) is 5.75 Å². The van der Waals surface area contributed by atoms with Gasteiger partial charge in [-0.25, -0.2) is 9.18 Å². The third-order valence-electron chi connectivity index (χ3n) is 4.67. The molecule has 0 fully saturated rings. The Labute approximate surface area is 163 Å². The number of benzene rings is 2. The van der Waals surface area contributed by atoms with E-state index in [1.54, 1.807) is 17.9 Å². The number of nitrogens with zero attached hydrogens (tertiary/aromatic N) is 1. The molecule has 0 aromatic heterocycles. The van der Waals surface area contributed by atoms with Crippen molar-refractivity contribution in [2.45, 2.75) is 26.0 Å². The van der Waals surface area contributed by atoms with Gasteiger partial charge in [0.15, 0.2) is 17.7 Å². The number of fused-ring (bicyclic) bond motifs is 1. The van der Waals surface area contributed by atoms with Gasteiger partial charge in [0, 0.05) is 19.2 Å². The second-order valence-corrected chi connectivity index (χ2v) is 6.58. The maximum Gasteiger partial charge on any atom is 0.331 e. The molecule has 0 saturated heterocycles. The Balaban J connectivity index is 1.56. The molecule has 0 bridgehead atoms. The van der Waals surface area contributed by atoms with E-state index >= 15 is 0 Å². The first-order valence-electron chi connectivity index (χ1n) is 9.05. The van der Waals surface area contributed by atoms with Gasteiger partial charge in [0.2, 0.25) is 0 Å². The van der Waals surface area contributed by atoms with Crippen LogP contribution in [0.5, 0.6) is 5.75 Å². The van der Waals surface area contributed by atoms with Crippen molar-refractivity contribution in [1.29, 1.82) is 0 Å². The number of carbonyl (C=O) groups is 2. The van der Waals surface area contributed by atoms with Gasteiger partial charge in [0.25, 0.3) is 5.91 Å². The van der Waals surface area contributed by atoms with Gasteiger partial charge >= 0.3 is 5.97 Å². The summed E-state index contributed by atoms with van der Waals surface area (Å²) in [5, 5.41) is 0. The summed E-state index contributed by atoms with van der Waals surface area (Å²) in [6.07, 6.45) is 2.50. The minimum absolute atomic E-state index is 0.127. The summed E-state index contributed by atoms with van der Waals surface area (Å²) >= 11 is 0. The highest BCUT2D eigenvalue weighted by Crippen LogP contribution is 2.20. The van der Waals surface area contributed by atoms with Crippen LogP contribution in [0.4, 0.5) is 4.39 Å². The molecule has 1 heterocycles. The van der Waals surface area contributed by atoms with Crippen LogP contribution in [0.25, 0.3) is 6.08 Å². The van der Waals surface area contributed by atoms with Crippen LogP contribution in [-0.4, -0.2) is 36.5 Å². The van der Waals surface area contributed by atoms with Crippen molar-refractivity contribution < 1.29 is 23.5 Å². The lowest BCUT2D eigenvalue weighted by atomic mass is 9.99. The predicted molar refractivity (Wildman–Crippen MR) is 103 cm³/mol. The van der Waals surface area contributed by atoms with Crippen LogP contribution in [-0.2, 0) is 27.3 Å². The van der Waals surface area contributed by atoms with Crippen molar-refractivity contribution in [3.63, 3.8) is 0 Å². The van der Waals surface area contributed by atoms with Crippen LogP contribution in [0.1, 0.15) is 23.6 Å². The molecule has 2 aromatic carbocycles. The molecular formula is C22H22FNO4. The Kier molecular flexibility index (Phi) is 6.09. The number of halogens is 1. The van der Waals surface area contributed by atoms with Gasteiger partial charge in [-0.1, -0.05) is 30.3 Å². The molecule has 0 aliphatic carbocycles. The number of methoxy groups -OCH3 is 1. The first kappa shape index (κ1) is 19.6. The van der Waals surface area contributed by atoms with E-state index in [4.69, 9.17) is 9.47 Å². The lowest BCUT2D eigenvalue weighted by Gasteiger charge is -2.30. The molecule has 1 aliphatic heterocycles. The zero-order chi connectivity index (χ0) is 20.1. The van der Waals surface area contributed by atoms with Gasteiger partial charge in [0.1, 0.15) is 0 Å². The number of carbonyl (C=O) groups excluding carboxylic acids is 2. The minimum atomic E-state index is -0.894. The Morgan fingerprint density at radius 2 is 1.93 bits per heavy atom. The highest BCUT2D eigenvalue weighted by atomic mass is 19.1. The maximum absolute atomic E-state index is 13.7. The zero-order valence-electron chi connectivity index (χ0n) is 15.9. The molecule has 6 heteroatoms. The van der Waals surface area contributed by atoms with Gasteiger partial charge in [-0.05, 0) is 48.2 Å². The highest BCUT2D eigenvalue weighted by Gasteiger charge is 2.26. The molecule has 1 atom stereocenters. The molecule has 28 heavy (non-hydrogen) atoms. The molecular weight excluding hydrogens is 361 g/mol. The Bertz CT molecular complexity index is 909. The van der Waals surface area contributed by atoms with Crippen LogP contribution in [0.15, 0.2) is 48.5 Å². The molecule has 146 valence electrons. The first-order valence-corrected chi connectivity index (χ1v) is 9.05. The summed E-state index contributed by atoms with van der Waals surface area (Å²) in [6.45, 7) is 2.66.